The van der Waals surface area contributed by atoms with Crippen molar-refractivity contribution in [3.05, 3.63) is 47.7 Å². The number of carbonyl (C=O) groups is 2. The molecule has 122 valence electrons. The van der Waals surface area contributed by atoms with E-state index in [-0.39, 0.29) is 12.4 Å². The number of nitrogens with one attached hydrogen (secondary N) is 1. The molecule has 0 unspecified atom stereocenters. The second-order valence-electron chi connectivity index (χ2n) is 4.73. The largest absolute Gasteiger partial charge is 0.481 e. The number of rotatable bonds is 7. The van der Waals surface area contributed by atoms with Crippen LogP contribution in [-0.2, 0) is 22.0 Å². The predicted octanol–water partition coefficient (Wildman–Crippen LogP) is 2.72. The Morgan fingerprint density at radius 1 is 1.35 bits per heavy atom. The van der Waals surface area contributed by atoms with Gasteiger partial charge in [-0.25, -0.2) is 4.79 Å². The van der Waals surface area contributed by atoms with Gasteiger partial charge in [-0.15, -0.1) is 11.8 Å². The molecule has 1 amide bonds. The third-order valence-electron chi connectivity index (χ3n) is 2.86. The van der Waals surface area contributed by atoms with Crippen molar-refractivity contribution < 1.29 is 19.4 Å². The van der Waals surface area contributed by atoms with Crippen LogP contribution in [0.4, 0.5) is 10.6 Å². The van der Waals surface area contributed by atoms with Crippen LogP contribution in [0.5, 0.6) is 0 Å². The number of aromatic nitrogens is 2. The minimum atomic E-state index is -0.873. The van der Waals surface area contributed by atoms with Gasteiger partial charge < -0.3 is 9.84 Å². The van der Waals surface area contributed by atoms with Gasteiger partial charge in [-0.05, 0) is 12.5 Å². The van der Waals surface area contributed by atoms with Gasteiger partial charge in [0, 0.05) is 11.8 Å². The van der Waals surface area contributed by atoms with Crippen molar-refractivity contribution in [3.8, 4) is 0 Å². The summed E-state index contributed by atoms with van der Waals surface area (Å²) in [5.74, 6) is -0.0980. The van der Waals surface area contributed by atoms with Crippen molar-refractivity contribution in [1.29, 1.82) is 0 Å². The van der Waals surface area contributed by atoms with Crippen LogP contribution in [0.2, 0.25) is 0 Å². The summed E-state index contributed by atoms with van der Waals surface area (Å²) in [7, 11) is 0. The topological polar surface area (TPSA) is 93.5 Å². The summed E-state index contributed by atoms with van der Waals surface area (Å²) in [5.41, 5.74) is 1.72. The van der Waals surface area contributed by atoms with Crippen molar-refractivity contribution >= 4 is 29.6 Å². The number of carboxylic acids is 1. The van der Waals surface area contributed by atoms with Gasteiger partial charge in [-0.2, -0.15) is 5.10 Å². The van der Waals surface area contributed by atoms with E-state index in [0.29, 0.717) is 11.7 Å². The molecule has 2 rings (SSSR count). The van der Waals surface area contributed by atoms with Crippen molar-refractivity contribution in [2.45, 2.75) is 19.4 Å². The molecule has 0 atom stereocenters. The van der Waals surface area contributed by atoms with E-state index < -0.39 is 12.1 Å². The zero-order chi connectivity index (χ0) is 16.7. The molecule has 0 saturated carbocycles. The number of hydrogen-bond acceptors (Lipinski definition) is 5. The fraction of sp³-hybridized carbons (Fsp3) is 0.267. The first kappa shape index (κ1) is 16.9. The Bertz CT molecular complexity index is 673. The molecule has 1 aromatic heterocycles. The highest BCUT2D eigenvalue weighted by molar-refractivity contribution is 7.98. The molecule has 0 radical (unpaired) electrons. The number of anilines is 1. The first-order chi connectivity index (χ1) is 11.0. The molecule has 1 aromatic carbocycles. The average Bonchev–Trinajstić information content (AvgIpc) is 2.85. The van der Waals surface area contributed by atoms with Gasteiger partial charge in [0.25, 0.3) is 0 Å². The monoisotopic (exact) mass is 335 g/mol. The molecule has 7 nitrogen and oxygen atoms in total. The highest BCUT2D eigenvalue weighted by atomic mass is 32.2. The standard InChI is InChI=1S/C15H17N3O4S/c1-11-7-13(17-18(11)10-23-9-14(19)20)16-15(21)22-8-12-5-3-2-4-6-12/h2-7H,8-10H2,1H3,(H,19,20)(H,16,17,21). The number of benzene rings is 1. The quantitative estimate of drug-likeness (QED) is 0.808. The van der Waals surface area contributed by atoms with Crippen molar-refractivity contribution in [2.75, 3.05) is 11.1 Å². The molecular weight excluding hydrogens is 318 g/mol. The molecular formula is C15H17N3O4S. The Balaban J connectivity index is 1.82. The predicted molar refractivity (Wildman–Crippen MR) is 87.3 cm³/mol. The van der Waals surface area contributed by atoms with Gasteiger partial charge in [0.15, 0.2) is 5.82 Å². The first-order valence-corrected chi connectivity index (χ1v) is 8.02. The van der Waals surface area contributed by atoms with Crippen LogP contribution < -0.4 is 5.32 Å². The lowest BCUT2D eigenvalue weighted by atomic mass is 10.2. The molecule has 0 bridgehead atoms. The number of carbonyl (C=O) groups excluding carboxylic acids is 1. The number of ether oxygens (including phenoxy) is 1. The summed E-state index contributed by atoms with van der Waals surface area (Å²) in [6.45, 7) is 2.01. The number of nitrogens with zero attached hydrogens (tertiary/aromatic N) is 2. The average molecular weight is 335 g/mol. The van der Waals surface area contributed by atoms with Crippen LogP contribution in [0.1, 0.15) is 11.3 Å². The summed E-state index contributed by atoms with van der Waals surface area (Å²) in [6, 6.07) is 11.1. The van der Waals surface area contributed by atoms with E-state index in [1.807, 2.05) is 37.3 Å². The highest BCUT2D eigenvalue weighted by Crippen LogP contribution is 2.13. The number of carboxylic acid groups (broad SMARTS) is 1. The molecule has 0 aliphatic rings. The Kier molecular flexibility index (Phi) is 6.04. The third kappa shape index (κ3) is 5.67. The number of thioether (sulfide) groups is 1. The van der Waals surface area contributed by atoms with E-state index in [1.165, 1.54) is 11.8 Å². The highest BCUT2D eigenvalue weighted by Gasteiger charge is 2.09. The molecule has 2 N–H and O–H groups in total. The van der Waals surface area contributed by atoms with E-state index in [1.54, 1.807) is 10.7 Å². The normalized spacial score (nSPS) is 10.3. The lowest BCUT2D eigenvalue weighted by molar-refractivity contribution is -0.133. The fourth-order valence-corrected chi connectivity index (χ4v) is 2.49. The smallest absolute Gasteiger partial charge is 0.413 e. The fourth-order valence-electron chi connectivity index (χ4n) is 1.79. The molecule has 0 aliphatic heterocycles. The van der Waals surface area contributed by atoms with Gasteiger partial charge >= 0.3 is 12.1 Å². The summed E-state index contributed by atoms with van der Waals surface area (Å²) in [5, 5.41) is 15.4. The molecule has 0 fully saturated rings. The van der Waals surface area contributed by atoms with Gasteiger partial charge in [-0.1, -0.05) is 30.3 Å². The minimum Gasteiger partial charge on any atom is -0.481 e. The third-order valence-corrected chi connectivity index (χ3v) is 3.74. The molecule has 2 aromatic rings. The van der Waals surface area contributed by atoms with E-state index >= 15 is 0 Å². The van der Waals surface area contributed by atoms with Gasteiger partial charge in [-0.3, -0.25) is 14.8 Å². The Hall–Kier alpha value is -2.48. The number of aliphatic carboxylic acids is 1. The number of amides is 1. The Morgan fingerprint density at radius 2 is 2.09 bits per heavy atom. The molecule has 8 heteroatoms. The molecule has 23 heavy (non-hydrogen) atoms. The van der Waals surface area contributed by atoms with Crippen LogP contribution in [0.15, 0.2) is 36.4 Å². The van der Waals surface area contributed by atoms with Gasteiger partial charge in [0.2, 0.25) is 0 Å². The van der Waals surface area contributed by atoms with Crippen LogP contribution in [0, 0.1) is 6.92 Å². The number of aryl methyl sites for hydroxylation is 1. The van der Waals surface area contributed by atoms with Crippen LogP contribution in [0.25, 0.3) is 0 Å². The van der Waals surface area contributed by atoms with Crippen molar-refractivity contribution in [3.63, 3.8) is 0 Å². The maximum absolute atomic E-state index is 11.7. The van der Waals surface area contributed by atoms with Crippen molar-refractivity contribution in [2.24, 2.45) is 0 Å². The molecule has 0 spiro atoms. The summed E-state index contributed by atoms with van der Waals surface area (Å²) < 4.78 is 6.74. The van der Waals surface area contributed by atoms with Crippen molar-refractivity contribution in [1.82, 2.24) is 9.78 Å². The van der Waals surface area contributed by atoms with Gasteiger partial charge in [0.05, 0.1) is 11.6 Å². The summed E-state index contributed by atoms with van der Waals surface area (Å²) >= 11 is 1.23. The van der Waals surface area contributed by atoms with Crippen LogP contribution >= 0.6 is 11.8 Å². The molecule has 1 heterocycles. The number of hydrogen-bond donors (Lipinski definition) is 2. The van der Waals surface area contributed by atoms with Crippen LogP contribution in [0.3, 0.4) is 0 Å². The minimum absolute atomic E-state index is 0.00117. The maximum Gasteiger partial charge on any atom is 0.413 e. The van der Waals surface area contributed by atoms with Crippen LogP contribution in [-0.4, -0.2) is 32.7 Å². The lowest BCUT2D eigenvalue weighted by Gasteiger charge is -2.05. The zero-order valence-corrected chi connectivity index (χ0v) is 13.4. The second-order valence-corrected chi connectivity index (χ2v) is 5.68. The SMILES string of the molecule is Cc1cc(NC(=O)OCc2ccccc2)nn1CSCC(=O)O. The zero-order valence-electron chi connectivity index (χ0n) is 12.6. The lowest BCUT2D eigenvalue weighted by Crippen LogP contribution is -2.14. The Labute approximate surface area is 137 Å². The maximum atomic E-state index is 11.7. The summed E-state index contributed by atoms with van der Waals surface area (Å²) in [6.07, 6.45) is -0.586. The summed E-state index contributed by atoms with van der Waals surface area (Å²) in [4.78, 5) is 22.2. The van der Waals surface area contributed by atoms with E-state index in [9.17, 15) is 9.59 Å². The molecule has 0 saturated heterocycles. The Morgan fingerprint density at radius 3 is 2.78 bits per heavy atom. The van der Waals surface area contributed by atoms with Gasteiger partial charge in [0.1, 0.15) is 6.61 Å². The second kappa shape index (κ2) is 8.23. The van der Waals surface area contributed by atoms with E-state index in [2.05, 4.69) is 10.4 Å². The first-order valence-electron chi connectivity index (χ1n) is 6.86. The molecule has 0 aliphatic carbocycles. The van der Waals surface area contributed by atoms with E-state index in [4.69, 9.17) is 9.84 Å². The van der Waals surface area contributed by atoms with E-state index in [0.717, 1.165) is 11.3 Å².